The lowest BCUT2D eigenvalue weighted by Gasteiger charge is -2.10. The van der Waals surface area contributed by atoms with Gasteiger partial charge in [0.2, 0.25) is 0 Å². The number of hydrogen-bond donors (Lipinski definition) is 0. The van der Waals surface area contributed by atoms with E-state index < -0.39 is 0 Å². The summed E-state index contributed by atoms with van der Waals surface area (Å²) >= 11 is 0. The largest absolute Gasteiger partial charge is 0.363 e. The van der Waals surface area contributed by atoms with Crippen LogP contribution in [0.3, 0.4) is 0 Å². The van der Waals surface area contributed by atoms with Crippen LogP contribution in [0.15, 0.2) is 46.6 Å². The van der Waals surface area contributed by atoms with E-state index in [0.717, 1.165) is 11.4 Å². The minimum Gasteiger partial charge on any atom is -0.363 e. The maximum atomic E-state index is 11.8. The van der Waals surface area contributed by atoms with Gasteiger partial charge in [0, 0.05) is 37.6 Å². The SMILES string of the molecule is Cc1cccn(N=Cc2ccc(N(C)C)nc2)c1=O. The van der Waals surface area contributed by atoms with Gasteiger partial charge in [0.1, 0.15) is 5.82 Å². The van der Waals surface area contributed by atoms with Crippen LogP contribution in [0.4, 0.5) is 5.82 Å². The van der Waals surface area contributed by atoms with E-state index >= 15 is 0 Å². The molecule has 0 aliphatic heterocycles. The zero-order valence-electron chi connectivity index (χ0n) is 11.2. The zero-order chi connectivity index (χ0) is 13.8. The minimum absolute atomic E-state index is 0.114. The molecule has 2 rings (SSSR count). The van der Waals surface area contributed by atoms with Crippen molar-refractivity contribution in [3.8, 4) is 0 Å². The maximum absolute atomic E-state index is 11.8. The summed E-state index contributed by atoms with van der Waals surface area (Å²) in [6.07, 6.45) is 4.97. The Balaban J connectivity index is 2.23. The highest BCUT2D eigenvalue weighted by atomic mass is 16.1. The van der Waals surface area contributed by atoms with Crippen molar-refractivity contribution in [1.82, 2.24) is 9.66 Å². The van der Waals surface area contributed by atoms with Crippen molar-refractivity contribution in [1.29, 1.82) is 0 Å². The highest BCUT2D eigenvalue weighted by Gasteiger charge is 1.97. The number of rotatable bonds is 3. The number of hydrogen-bond acceptors (Lipinski definition) is 4. The number of pyridine rings is 2. The fourth-order valence-corrected chi connectivity index (χ4v) is 1.55. The standard InChI is InChI=1S/C14H16N4O/c1-11-5-4-8-18(14(11)19)16-10-12-6-7-13(15-9-12)17(2)3/h4-10H,1-3H3. The second kappa shape index (κ2) is 5.48. The van der Waals surface area contributed by atoms with Gasteiger partial charge < -0.3 is 4.90 Å². The van der Waals surface area contributed by atoms with E-state index in [-0.39, 0.29) is 5.56 Å². The molecule has 19 heavy (non-hydrogen) atoms. The smallest absolute Gasteiger partial charge is 0.273 e. The lowest BCUT2D eigenvalue weighted by atomic mass is 10.3. The lowest BCUT2D eigenvalue weighted by molar-refractivity contribution is 0.822. The van der Waals surface area contributed by atoms with Gasteiger partial charge in [0.15, 0.2) is 0 Å². The highest BCUT2D eigenvalue weighted by Crippen LogP contribution is 2.06. The third-order valence-electron chi connectivity index (χ3n) is 2.68. The lowest BCUT2D eigenvalue weighted by Crippen LogP contribution is -2.17. The first-order chi connectivity index (χ1) is 9.08. The quantitative estimate of drug-likeness (QED) is 0.782. The number of aromatic nitrogens is 2. The molecule has 2 aromatic heterocycles. The second-order valence-electron chi connectivity index (χ2n) is 4.43. The molecule has 5 nitrogen and oxygen atoms in total. The van der Waals surface area contributed by atoms with Crippen molar-refractivity contribution in [2.24, 2.45) is 5.10 Å². The van der Waals surface area contributed by atoms with E-state index in [4.69, 9.17) is 0 Å². The van der Waals surface area contributed by atoms with E-state index in [1.807, 2.05) is 31.1 Å². The topological polar surface area (TPSA) is 50.5 Å². The van der Waals surface area contributed by atoms with Gasteiger partial charge in [-0.1, -0.05) is 6.07 Å². The van der Waals surface area contributed by atoms with Crippen molar-refractivity contribution < 1.29 is 0 Å². The number of anilines is 1. The van der Waals surface area contributed by atoms with Crippen LogP contribution >= 0.6 is 0 Å². The molecule has 98 valence electrons. The van der Waals surface area contributed by atoms with Crippen molar-refractivity contribution >= 4 is 12.0 Å². The molecule has 0 unspecified atom stereocenters. The van der Waals surface area contributed by atoms with Crippen LogP contribution in [0.25, 0.3) is 0 Å². The van der Waals surface area contributed by atoms with Gasteiger partial charge in [-0.2, -0.15) is 5.10 Å². The Morgan fingerprint density at radius 1 is 1.32 bits per heavy atom. The third kappa shape index (κ3) is 3.07. The average molecular weight is 256 g/mol. The molecule has 0 aliphatic carbocycles. The summed E-state index contributed by atoms with van der Waals surface area (Å²) < 4.78 is 1.31. The summed E-state index contributed by atoms with van der Waals surface area (Å²) in [5.41, 5.74) is 1.40. The van der Waals surface area contributed by atoms with Crippen LogP contribution in [0, 0.1) is 6.92 Å². The molecule has 0 atom stereocenters. The van der Waals surface area contributed by atoms with Crippen molar-refractivity contribution in [2.45, 2.75) is 6.92 Å². The van der Waals surface area contributed by atoms with Crippen LogP contribution in [-0.4, -0.2) is 30.0 Å². The summed E-state index contributed by atoms with van der Waals surface area (Å²) in [7, 11) is 3.87. The molecule has 0 spiro atoms. The first-order valence-corrected chi connectivity index (χ1v) is 5.94. The predicted octanol–water partition coefficient (Wildman–Crippen LogP) is 1.50. The third-order valence-corrected chi connectivity index (χ3v) is 2.68. The Hall–Kier alpha value is -2.43. The summed E-state index contributed by atoms with van der Waals surface area (Å²) in [6.45, 7) is 1.77. The Morgan fingerprint density at radius 2 is 2.11 bits per heavy atom. The Labute approximate surface area is 111 Å². The zero-order valence-corrected chi connectivity index (χ0v) is 11.2. The van der Waals surface area contributed by atoms with Crippen LogP contribution in [0.5, 0.6) is 0 Å². The molecule has 2 heterocycles. The molecule has 0 aromatic carbocycles. The molecule has 0 aliphatic rings. The first kappa shape index (κ1) is 13.0. The molecular formula is C14H16N4O. The fourth-order valence-electron chi connectivity index (χ4n) is 1.55. The summed E-state index contributed by atoms with van der Waals surface area (Å²) in [5, 5.41) is 4.14. The van der Waals surface area contributed by atoms with Crippen LogP contribution < -0.4 is 10.5 Å². The highest BCUT2D eigenvalue weighted by molar-refractivity contribution is 5.79. The van der Waals surface area contributed by atoms with Gasteiger partial charge in [-0.15, -0.1) is 0 Å². The normalized spacial score (nSPS) is 10.9. The molecular weight excluding hydrogens is 240 g/mol. The molecule has 2 aromatic rings. The van der Waals surface area contributed by atoms with Gasteiger partial charge in [-0.3, -0.25) is 4.79 Å². The minimum atomic E-state index is -0.114. The van der Waals surface area contributed by atoms with Crippen molar-refractivity contribution in [3.63, 3.8) is 0 Å². The molecule has 0 amide bonds. The second-order valence-corrected chi connectivity index (χ2v) is 4.43. The number of aryl methyl sites for hydroxylation is 1. The summed E-state index contributed by atoms with van der Waals surface area (Å²) in [4.78, 5) is 18.0. The van der Waals surface area contributed by atoms with Gasteiger partial charge in [-0.25, -0.2) is 9.66 Å². The first-order valence-electron chi connectivity index (χ1n) is 5.94. The van der Waals surface area contributed by atoms with E-state index in [0.29, 0.717) is 5.56 Å². The van der Waals surface area contributed by atoms with Crippen LogP contribution in [0.1, 0.15) is 11.1 Å². The average Bonchev–Trinajstić information content (AvgIpc) is 2.41. The predicted molar refractivity (Wildman–Crippen MR) is 77.0 cm³/mol. The molecule has 5 heteroatoms. The summed E-state index contributed by atoms with van der Waals surface area (Å²) in [6, 6.07) is 7.37. The van der Waals surface area contributed by atoms with Crippen molar-refractivity contribution in [2.75, 3.05) is 19.0 Å². The van der Waals surface area contributed by atoms with Gasteiger partial charge in [-0.05, 0) is 25.1 Å². The molecule has 0 fully saturated rings. The van der Waals surface area contributed by atoms with Crippen LogP contribution in [0.2, 0.25) is 0 Å². The van der Waals surface area contributed by atoms with E-state index in [9.17, 15) is 4.79 Å². The van der Waals surface area contributed by atoms with E-state index in [2.05, 4.69) is 10.1 Å². The monoisotopic (exact) mass is 256 g/mol. The maximum Gasteiger partial charge on any atom is 0.273 e. The van der Waals surface area contributed by atoms with Gasteiger partial charge >= 0.3 is 0 Å². The molecule has 0 radical (unpaired) electrons. The number of nitrogens with zero attached hydrogens (tertiary/aromatic N) is 4. The Morgan fingerprint density at radius 3 is 2.74 bits per heavy atom. The molecule has 0 N–H and O–H groups in total. The van der Waals surface area contributed by atoms with E-state index in [1.165, 1.54) is 4.68 Å². The Kier molecular flexibility index (Phi) is 3.75. The molecule has 0 bridgehead atoms. The van der Waals surface area contributed by atoms with E-state index in [1.54, 1.807) is 37.7 Å². The van der Waals surface area contributed by atoms with Gasteiger partial charge in [0.05, 0.1) is 6.21 Å². The fraction of sp³-hybridized carbons (Fsp3) is 0.214. The van der Waals surface area contributed by atoms with Crippen LogP contribution in [-0.2, 0) is 0 Å². The molecule has 0 saturated carbocycles. The van der Waals surface area contributed by atoms with Crippen molar-refractivity contribution in [3.05, 3.63) is 58.1 Å². The Bertz CT molecular complexity index is 641. The summed E-state index contributed by atoms with van der Waals surface area (Å²) in [5.74, 6) is 0.880. The molecule has 0 saturated heterocycles. The van der Waals surface area contributed by atoms with Gasteiger partial charge in [0.25, 0.3) is 5.56 Å².